The average molecular weight is 516 g/mol. The number of aryl methyl sites for hydroxylation is 1. The van der Waals surface area contributed by atoms with E-state index < -0.39 is 0 Å². The predicted molar refractivity (Wildman–Crippen MR) is 170 cm³/mol. The molecule has 40 heavy (non-hydrogen) atoms. The Morgan fingerprint density at radius 2 is 1.02 bits per heavy atom. The van der Waals surface area contributed by atoms with E-state index in [0.29, 0.717) is 0 Å². The van der Waals surface area contributed by atoms with Crippen molar-refractivity contribution in [2.45, 2.75) is 6.92 Å². The molecule has 3 nitrogen and oxygen atoms in total. The lowest BCUT2D eigenvalue weighted by Crippen LogP contribution is -2.09. The van der Waals surface area contributed by atoms with Gasteiger partial charge in [0.05, 0.1) is 11.0 Å². The molecule has 0 aliphatic rings. The SMILES string of the molecule is Cc1ccc(Nc2ccc(N(c3ccccc3)c3ccc4c(c3)c3ccccc3n4-c3ccccc3)cc2)cc1. The molecule has 3 heteroatoms. The molecule has 0 atom stereocenters. The Hall–Kier alpha value is -5.28. The van der Waals surface area contributed by atoms with E-state index in [9.17, 15) is 0 Å². The summed E-state index contributed by atoms with van der Waals surface area (Å²) in [6.45, 7) is 2.10. The van der Waals surface area contributed by atoms with Crippen LogP contribution in [0, 0.1) is 6.92 Å². The second-order valence-electron chi connectivity index (χ2n) is 10.1. The van der Waals surface area contributed by atoms with Gasteiger partial charge in [-0.25, -0.2) is 0 Å². The largest absolute Gasteiger partial charge is 0.356 e. The van der Waals surface area contributed by atoms with E-state index in [1.165, 1.54) is 27.4 Å². The van der Waals surface area contributed by atoms with Crippen LogP contribution < -0.4 is 10.2 Å². The molecule has 1 heterocycles. The minimum absolute atomic E-state index is 1.06. The molecule has 1 N–H and O–H groups in total. The number of fused-ring (bicyclic) bond motifs is 3. The Morgan fingerprint density at radius 3 is 1.75 bits per heavy atom. The summed E-state index contributed by atoms with van der Waals surface area (Å²) in [5, 5.41) is 5.99. The van der Waals surface area contributed by atoms with Crippen molar-refractivity contribution in [3.8, 4) is 5.69 Å². The van der Waals surface area contributed by atoms with E-state index in [4.69, 9.17) is 0 Å². The second-order valence-corrected chi connectivity index (χ2v) is 10.1. The van der Waals surface area contributed by atoms with Gasteiger partial charge in [0.2, 0.25) is 0 Å². The van der Waals surface area contributed by atoms with Crippen molar-refractivity contribution in [2.75, 3.05) is 10.2 Å². The molecule has 0 radical (unpaired) electrons. The van der Waals surface area contributed by atoms with E-state index in [2.05, 4.69) is 173 Å². The van der Waals surface area contributed by atoms with Crippen LogP contribution in [0.25, 0.3) is 27.5 Å². The molecule has 0 bridgehead atoms. The number of nitrogens with zero attached hydrogens (tertiary/aromatic N) is 2. The molecule has 0 saturated heterocycles. The predicted octanol–water partition coefficient (Wildman–Crippen LogP) is 10.3. The van der Waals surface area contributed by atoms with Crippen molar-refractivity contribution in [1.82, 2.24) is 4.57 Å². The van der Waals surface area contributed by atoms with E-state index in [0.717, 1.165) is 34.1 Å². The number of anilines is 5. The van der Waals surface area contributed by atoms with E-state index in [1.807, 2.05) is 0 Å². The molecule has 0 spiro atoms. The van der Waals surface area contributed by atoms with Crippen molar-refractivity contribution in [1.29, 1.82) is 0 Å². The van der Waals surface area contributed by atoms with Gasteiger partial charge in [0.15, 0.2) is 0 Å². The first kappa shape index (κ1) is 23.8. The van der Waals surface area contributed by atoms with E-state index >= 15 is 0 Å². The normalized spacial score (nSPS) is 11.1. The van der Waals surface area contributed by atoms with Gasteiger partial charge in [0.1, 0.15) is 0 Å². The molecule has 7 rings (SSSR count). The monoisotopic (exact) mass is 515 g/mol. The summed E-state index contributed by atoms with van der Waals surface area (Å²) in [5.41, 5.74) is 10.3. The first-order valence-corrected chi connectivity index (χ1v) is 13.6. The van der Waals surface area contributed by atoms with Crippen LogP contribution in [0.15, 0.2) is 152 Å². The zero-order valence-electron chi connectivity index (χ0n) is 22.3. The van der Waals surface area contributed by atoms with Gasteiger partial charge < -0.3 is 14.8 Å². The maximum atomic E-state index is 3.52. The van der Waals surface area contributed by atoms with Crippen LogP contribution in [0.5, 0.6) is 0 Å². The maximum Gasteiger partial charge on any atom is 0.0542 e. The van der Waals surface area contributed by atoms with E-state index in [-0.39, 0.29) is 0 Å². The van der Waals surface area contributed by atoms with Gasteiger partial charge in [-0.3, -0.25) is 0 Å². The Kier molecular flexibility index (Phi) is 6.02. The second kappa shape index (κ2) is 10.1. The summed E-state index contributed by atoms with van der Waals surface area (Å²) in [4.78, 5) is 2.32. The summed E-state index contributed by atoms with van der Waals surface area (Å²) < 4.78 is 2.35. The highest BCUT2D eigenvalue weighted by Crippen LogP contribution is 2.39. The number of hydrogen-bond donors (Lipinski definition) is 1. The van der Waals surface area contributed by atoms with Crippen LogP contribution >= 0.6 is 0 Å². The molecular formula is C37H29N3. The first-order valence-electron chi connectivity index (χ1n) is 13.6. The van der Waals surface area contributed by atoms with Crippen molar-refractivity contribution in [3.63, 3.8) is 0 Å². The van der Waals surface area contributed by atoms with Crippen LogP contribution in [-0.4, -0.2) is 4.57 Å². The molecule has 0 fully saturated rings. The van der Waals surface area contributed by atoms with Crippen molar-refractivity contribution in [2.24, 2.45) is 0 Å². The van der Waals surface area contributed by atoms with Gasteiger partial charge in [-0.2, -0.15) is 0 Å². The van der Waals surface area contributed by atoms with Gasteiger partial charge in [-0.05, 0) is 91.9 Å². The minimum Gasteiger partial charge on any atom is -0.356 e. The smallest absolute Gasteiger partial charge is 0.0542 e. The third-order valence-electron chi connectivity index (χ3n) is 7.41. The maximum absolute atomic E-state index is 3.52. The first-order chi connectivity index (χ1) is 19.7. The lowest BCUT2D eigenvalue weighted by atomic mass is 10.1. The number of para-hydroxylation sites is 3. The van der Waals surface area contributed by atoms with Gasteiger partial charge in [0, 0.05) is 44.9 Å². The number of hydrogen-bond acceptors (Lipinski definition) is 2. The molecule has 0 saturated carbocycles. The fourth-order valence-corrected chi connectivity index (χ4v) is 5.48. The summed E-state index contributed by atoms with van der Waals surface area (Å²) >= 11 is 0. The molecule has 6 aromatic carbocycles. The number of aromatic nitrogens is 1. The summed E-state index contributed by atoms with van der Waals surface area (Å²) in [5.74, 6) is 0. The zero-order chi connectivity index (χ0) is 26.9. The number of rotatable bonds is 6. The van der Waals surface area contributed by atoms with Crippen LogP contribution in [-0.2, 0) is 0 Å². The molecule has 0 unspecified atom stereocenters. The van der Waals surface area contributed by atoms with Crippen molar-refractivity contribution >= 4 is 50.2 Å². The van der Waals surface area contributed by atoms with Crippen molar-refractivity contribution in [3.05, 3.63) is 157 Å². The summed E-state index contributed by atoms with van der Waals surface area (Å²) in [7, 11) is 0. The molecular weight excluding hydrogens is 486 g/mol. The summed E-state index contributed by atoms with van der Waals surface area (Å²) in [6.07, 6.45) is 0. The topological polar surface area (TPSA) is 20.2 Å². The Bertz CT molecular complexity index is 1900. The quantitative estimate of drug-likeness (QED) is 0.238. The van der Waals surface area contributed by atoms with Crippen LogP contribution in [0.4, 0.5) is 28.4 Å². The highest BCUT2D eigenvalue weighted by Gasteiger charge is 2.17. The van der Waals surface area contributed by atoms with Gasteiger partial charge in [0.25, 0.3) is 0 Å². The minimum atomic E-state index is 1.06. The Balaban J connectivity index is 1.34. The lowest BCUT2D eigenvalue weighted by molar-refractivity contribution is 1.18. The van der Waals surface area contributed by atoms with Crippen LogP contribution in [0.1, 0.15) is 5.56 Å². The standard InChI is InChI=1S/C37H29N3/c1-27-16-18-28(19-17-27)38-29-20-22-32(23-21-29)39(30-10-4-2-5-11-30)33-24-25-37-35(26-33)34-14-8-9-15-36(34)40(37)31-12-6-3-7-13-31/h2-26,38H,1H3. The van der Waals surface area contributed by atoms with Crippen LogP contribution in [0.3, 0.4) is 0 Å². The van der Waals surface area contributed by atoms with Gasteiger partial charge >= 0.3 is 0 Å². The number of nitrogens with one attached hydrogen (secondary N) is 1. The molecule has 7 aromatic rings. The molecule has 0 aliphatic heterocycles. The van der Waals surface area contributed by atoms with Gasteiger partial charge in [-0.1, -0.05) is 72.3 Å². The molecule has 192 valence electrons. The molecule has 0 aliphatic carbocycles. The van der Waals surface area contributed by atoms with Crippen molar-refractivity contribution < 1.29 is 0 Å². The fraction of sp³-hybridized carbons (Fsp3) is 0.0270. The zero-order valence-corrected chi connectivity index (χ0v) is 22.3. The third-order valence-corrected chi connectivity index (χ3v) is 7.41. The lowest BCUT2D eigenvalue weighted by Gasteiger charge is -2.26. The third kappa shape index (κ3) is 4.38. The average Bonchev–Trinajstić information content (AvgIpc) is 3.34. The Labute approximate surface area is 234 Å². The van der Waals surface area contributed by atoms with Gasteiger partial charge in [-0.15, -0.1) is 0 Å². The highest BCUT2D eigenvalue weighted by molar-refractivity contribution is 6.10. The number of benzene rings is 6. The fourth-order valence-electron chi connectivity index (χ4n) is 5.48. The molecule has 0 amide bonds. The highest BCUT2D eigenvalue weighted by atomic mass is 15.1. The summed E-state index contributed by atoms with van der Waals surface area (Å²) in [6, 6.07) is 53.8. The van der Waals surface area contributed by atoms with E-state index in [1.54, 1.807) is 0 Å². The Morgan fingerprint density at radius 1 is 0.475 bits per heavy atom. The van der Waals surface area contributed by atoms with Crippen LogP contribution in [0.2, 0.25) is 0 Å². The molecule has 1 aromatic heterocycles.